The van der Waals surface area contributed by atoms with E-state index in [1.54, 1.807) is 9.47 Å². The van der Waals surface area contributed by atoms with E-state index in [0.29, 0.717) is 51.8 Å². The molecule has 0 spiro atoms. The van der Waals surface area contributed by atoms with E-state index in [1.165, 1.54) is 4.68 Å². The van der Waals surface area contributed by atoms with Gasteiger partial charge in [0.2, 0.25) is 5.91 Å². The molecule has 0 bridgehead atoms. The molecule has 0 unspecified atom stereocenters. The van der Waals surface area contributed by atoms with E-state index in [1.807, 2.05) is 6.92 Å². The van der Waals surface area contributed by atoms with Gasteiger partial charge in [0, 0.05) is 32.7 Å². The van der Waals surface area contributed by atoms with Gasteiger partial charge in [0.05, 0.1) is 26.3 Å². The van der Waals surface area contributed by atoms with E-state index in [0.717, 1.165) is 19.5 Å². The fourth-order valence-electron chi connectivity index (χ4n) is 2.92. The lowest BCUT2D eigenvalue weighted by molar-refractivity contribution is -0.135. The third-order valence-electron chi connectivity index (χ3n) is 4.18. The van der Waals surface area contributed by atoms with Crippen molar-refractivity contribution < 1.29 is 9.53 Å². The lowest BCUT2D eigenvalue weighted by Gasteiger charge is -2.31. The monoisotopic (exact) mass is 309 g/mol. The van der Waals surface area contributed by atoms with Crippen molar-refractivity contribution in [3.63, 3.8) is 0 Å². The second-order valence-electron chi connectivity index (χ2n) is 5.78. The third kappa shape index (κ3) is 3.07. The number of hydrogen-bond acceptors (Lipinski definition) is 5. The van der Waals surface area contributed by atoms with E-state index in [9.17, 15) is 9.59 Å². The Kier molecular flexibility index (Phi) is 4.58. The molecule has 0 aromatic carbocycles. The maximum atomic E-state index is 12.4. The van der Waals surface area contributed by atoms with Crippen LogP contribution in [0.5, 0.6) is 0 Å². The average Bonchev–Trinajstić information content (AvgIpc) is 2.84. The SMILES string of the molecule is CCCn1nc2n(c1=O)CCN(C(=O)CN1CCOCC1)C2. The van der Waals surface area contributed by atoms with Crippen molar-refractivity contribution in [2.24, 2.45) is 0 Å². The van der Waals surface area contributed by atoms with Gasteiger partial charge in [-0.25, -0.2) is 9.48 Å². The molecular weight excluding hydrogens is 286 g/mol. The number of rotatable bonds is 4. The molecule has 8 nitrogen and oxygen atoms in total. The molecule has 0 radical (unpaired) electrons. The third-order valence-corrected chi connectivity index (χ3v) is 4.18. The van der Waals surface area contributed by atoms with Crippen LogP contribution in [0, 0.1) is 0 Å². The molecule has 1 aromatic heterocycles. The number of hydrogen-bond donors (Lipinski definition) is 0. The summed E-state index contributed by atoms with van der Waals surface area (Å²) in [6.07, 6.45) is 0.871. The highest BCUT2D eigenvalue weighted by molar-refractivity contribution is 5.78. The molecule has 1 aromatic rings. The normalized spacial score (nSPS) is 19.2. The molecule has 8 heteroatoms. The fourth-order valence-corrected chi connectivity index (χ4v) is 2.92. The number of nitrogens with zero attached hydrogens (tertiary/aromatic N) is 5. The Morgan fingerprint density at radius 3 is 2.73 bits per heavy atom. The summed E-state index contributed by atoms with van der Waals surface area (Å²) in [5.41, 5.74) is -0.0582. The topological polar surface area (TPSA) is 72.6 Å². The Morgan fingerprint density at radius 1 is 1.23 bits per heavy atom. The summed E-state index contributed by atoms with van der Waals surface area (Å²) in [4.78, 5) is 28.5. The molecule has 0 N–H and O–H groups in total. The largest absolute Gasteiger partial charge is 0.379 e. The van der Waals surface area contributed by atoms with Crippen molar-refractivity contribution in [2.45, 2.75) is 33.0 Å². The number of morpholine rings is 1. The number of fused-ring (bicyclic) bond motifs is 1. The standard InChI is InChI=1S/C14H23N5O3/c1-2-3-19-14(21)18-5-4-17(10-12(18)15-19)13(20)11-16-6-8-22-9-7-16/h2-11H2,1H3. The van der Waals surface area contributed by atoms with E-state index in [-0.39, 0.29) is 11.6 Å². The van der Waals surface area contributed by atoms with Gasteiger partial charge in [-0.05, 0) is 6.42 Å². The van der Waals surface area contributed by atoms with Crippen LogP contribution in [-0.2, 0) is 29.2 Å². The molecule has 3 heterocycles. The Bertz CT molecular complexity index is 588. The molecule has 3 rings (SSSR count). The number of carbonyl (C=O) groups is 1. The predicted molar refractivity (Wildman–Crippen MR) is 79.5 cm³/mol. The minimum absolute atomic E-state index is 0.0582. The Hall–Kier alpha value is -1.67. The van der Waals surface area contributed by atoms with Crippen molar-refractivity contribution in [1.82, 2.24) is 24.1 Å². The maximum Gasteiger partial charge on any atom is 0.346 e. The Balaban J connectivity index is 1.64. The highest BCUT2D eigenvalue weighted by atomic mass is 16.5. The highest BCUT2D eigenvalue weighted by Gasteiger charge is 2.26. The highest BCUT2D eigenvalue weighted by Crippen LogP contribution is 2.09. The first-order valence-electron chi connectivity index (χ1n) is 7.93. The van der Waals surface area contributed by atoms with Gasteiger partial charge in [0.15, 0.2) is 5.82 Å². The van der Waals surface area contributed by atoms with Crippen molar-refractivity contribution in [3.05, 3.63) is 16.3 Å². The van der Waals surface area contributed by atoms with Crippen LogP contribution in [0.3, 0.4) is 0 Å². The van der Waals surface area contributed by atoms with Gasteiger partial charge in [0.1, 0.15) is 0 Å². The summed E-state index contributed by atoms with van der Waals surface area (Å²) in [6.45, 7) is 7.58. The summed E-state index contributed by atoms with van der Waals surface area (Å²) >= 11 is 0. The smallest absolute Gasteiger partial charge is 0.346 e. The zero-order valence-electron chi connectivity index (χ0n) is 13.0. The van der Waals surface area contributed by atoms with Crippen LogP contribution in [0.25, 0.3) is 0 Å². The fraction of sp³-hybridized carbons (Fsp3) is 0.786. The Morgan fingerprint density at radius 2 is 2.00 bits per heavy atom. The molecule has 2 aliphatic heterocycles. The van der Waals surface area contributed by atoms with Crippen molar-refractivity contribution in [3.8, 4) is 0 Å². The number of carbonyl (C=O) groups excluding carboxylic acids is 1. The summed E-state index contributed by atoms with van der Waals surface area (Å²) in [5.74, 6) is 0.797. The molecular formula is C14H23N5O3. The summed E-state index contributed by atoms with van der Waals surface area (Å²) < 4.78 is 8.49. The zero-order valence-corrected chi connectivity index (χ0v) is 13.0. The van der Waals surface area contributed by atoms with Crippen LogP contribution in [-0.4, -0.2) is 69.4 Å². The van der Waals surface area contributed by atoms with E-state index >= 15 is 0 Å². The minimum Gasteiger partial charge on any atom is -0.379 e. The van der Waals surface area contributed by atoms with Crippen molar-refractivity contribution in [2.75, 3.05) is 39.4 Å². The molecule has 122 valence electrons. The molecule has 1 saturated heterocycles. The first-order valence-corrected chi connectivity index (χ1v) is 7.93. The number of amides is 1. The summed E-state index contributed by atoms with van der Waals surface area (Å²) in [6, 6.07) is 0. The van der Waals surface area contributed by atoms with Crippen LogP contribution in [0.15, 0.2) is 4.79 Å². The zero-order chi connectivity index (χ0) is 15.5. The van der Waals surface area contributed by atoms with Crippen LogP contribution >= 0.6 is 0 Å². The minimum atomic E-state index is -0.0582. The van der Waals surface area contributed by atoms with Crippen molar-refractivity contribution >= 4 is 5.91 Å². The van der Waals surface area contributed by atoms with Gasteiger partial charge >= 0.3 is 5.69 Å². The van der Waals surface area contributed by atoms with Gasteiger partial charge in [0.25, 0.3) is 0 Å². The summed E-state index contributed by atoms with van der Waals surface area (Å²) in [5, 5.41) is 4.36. The predicted octanol–water partition coefficient (Wildman–Crippen LogP) is -0.871. The van der Waals surface area contributed by atoms with Crippen LogP contribution in [0.1, 0.15) is 19.2 Å². The van der Waals surface area contributed by atoms with E-state index < -0.39 is 0 Å². The second kappa shape index (κ2) is 6.62. The van der Waals surface area contributed by atoms with Crippen LogP contribution < -0.4 is 5.69 Å². The lowest BCUT2D eigenvalue weighted by atomic mass is 10.3. The first-order chi connectivity index (χ1) is 10.7. The van der Waals surface area contributed by atoms with E-state index in [4.69, 9.17) is 4.74 Å². The number of ether oxygens (including phenoxy) is 1. The molecule has 0 saturated carbocycles. The molecule has 1 amide bonds. The molecule has 2 aliphatic rings. The molecule has 22 heavy (non-hydrogen) atoms. The van der Waals surface area contributed by atoms with Gasteiger partial charge in [-0.3, -0.25) is 14.3 Å². The van der Waals surface area contributed by atoms with Crippen molar-refractivity contribution in [1.29, 1.82) is 0 Å². The first kappa shape index (κ1) is 15.2. The maximum absolute atomic E-state index is 12.4. The van der Waals surface area contributed by atoms with Gasteiger partial charge in [-0.2, -0.15) is 5.10 Å². The van der Waals surface area contributed by atoms with Crippen LogP contribution in [0.4, 0.5) is 0 Å². The number of aromatic nitrogens is 3. The second-order valence-corrected chi connectivity index (χ2v) is 5.78. The molecule has 0 atom stereocenters. The van der Waals surface area contributed by atoms with E-state index in [2.05, 4.69) is 10.00 Å². The average molecular weight is 309 g/mol. The quantitative estimate of drug-likeness (QED) is 0.723. The number of aryl methyl sites for hydroxylation is 1. The molecule has 0 aliphatic carbocycles. The van der Waals surface area contributed by atoms with Gasteiger partial charge in [-0.1, -0.05) is 6.92 Å². The van der Waals surface area contributed by atoms with Gasteiger partial charge < -0.3 is 9.64 Å². The summed E-state index contributed by atoms with van der Waals surface area (Å²) in [7, 11) is 0. The van der Waals surface area contributed by atoms with Gasteiger partial charge in [-0.15, -0.1) is 0 Å². The molecule has 1 fully saturated rings. The van der Waals surface area contributed by atoms with Crippen LogP contribution in [0.2, 0.25) is 0 Å². The lowest BCUT2D eigenvalue weighted by Crippen LogP contribution is -2.47. The Labute approximate surface area is 129 Å².